The van der Waals surface area contributed by atoms with Gasteiger partial charge in [-0.1, -0.05) is 56.1 Å². The largest absolute Gasteiger partial charge is 0.317 e. The van der Waals surface area contributed by atoms with Gasteiger partial charge in [0, 0.05) is 0 Å². The Bertz CT molecular complexity index is 459. The Labute approximate surface area is 139 Å². The molecule has 21 heavy (non-hydrogen) atoms. The molecule has 3 unspecified atom stereocenters. The number of rotatable bonds is 5. The molecule has 1 aromatic rings. The van der Waals surface area contributed by atoms with Gasteiger partial charge in [0.05, 0.1) is 10.0 Å². The molecule has 1 saturated carbocycles. The molecular formula is C18H27Cl2N. The first-order valence-corrected chi connectivity index (χ1v) is 8.94. The van der Waals surface area contributed by atoms with Crippen LogP contribution in [0.4, 0.5) is 0 Å². The fraction of sp³-hybridized carbons (Fsp3) is 0.667. The zero-order chi connectivity index (χ0) is 15.4. The standard InChI is InChI=1S/C18H27Cl2N/c1-4-21-11-14-9-8-13(12(2)3)10-16(14)15-6-5-7-17(19)18(15)20/h5-7,12-14,16,21H,4,8-11H2,1-3H3. The van der Waals surface area contributed by atoms with E-state index in [1.54, 1.807) is 0 Å². The molecule has 0 heterocycles. The van der Waals surface area contributed by atoms with Gasteiger partial charge in [0.2, 0.25) is 0 Å². The van der Waals surface area contributed by atoms with Crippen LogP contribution in [0, 0.1) is 17.8 Å². The number of hydrogen-bond donors (Lipinski definition) is 1. The van der Waals surface area contributed by atoms with Crippen LogP contribution in [0.1, 0.15) is 51.5 Å². The Morgan fingerprint density at radius 1 is 1.24 bits per heavy atom. The summed E-state index contributed by atoms with van der Waals surface area (Å²) in [5.41, 5.74) is 1.25. The van der Waals surface area contributed by atoms with Crippen LogP contribution >= 0.6 is 23.2 Å². The molecule has 0 aromatic heterocycles. The second-order valence-corrected chi connectivity index (χ2v) is 7.42. The van der Waals surface area contributed by atoms with Crippen LogP contribution in [0.25, 0.3) is 0 Å². The summed E-state index contributed by atoms with van der Waals surface area (Å²) in [6.07, 6.45) is 3.85. The Morgan fingerprint density at radius 2 is 2.00 bits per heavy atom. The summed E-state index contributed by atoms with van der Waals surface area (Å²) >= 11 is 12.7. The van der Waals surface area contributed by atoms with Crippen LogP contribution in [0.5, 0.6) is 0 Å². The van der Waals surface area contributed by atoms with Crippen molar-refractivity contribution < 1.29 is 0 Å². The van der Waals surface area contributed by atoms with Crippen molar-refractivity contribution in [1.82, 2.24) is 5.32 Å². The first-order valence-electron chi connectivity index (χ1n) is 8.19. The number of nitrogens with one attached hydrogen (secondary N) is 1. The van der Waals surface area contributed by atoms with E-state index in [2.05, 4.69) is 32.2 Å². The average molecular weight is 328 g/mol. The van der Waals surface area contributed by atoms with Gasteiger partial charge in [-0.05, 0) is 67.7 Å². The third-order valence-corrected chi connectivity index (χ3v) is 5.85. The molecule has 1 N–H and O–H groups in total. The van der Waals surface area contributed by atoms with Crippen LogP contribution in [0.15, 0.2) is 18.2 Å². The molecule has 0 amide bonds. The molecule has 0 bridgehead atoms. The monoisotopic (exact) mass is 327 g/mol. The summed E-state index contributed by atoms with van der Waals surface area (Å²) in [6.45, 7) is 8.95. The molecule has 0 radical (unpaired) electrons. The highest BCUT2D eigenvalue weighted by Gasteiger charge is 2.33. The van der Waals surface area contributed by atoms with Gasteiger partial charge in [-0.25, -0.2) is 0 Å². The summed E-state index contributed by atoms with van der Waals surface area (Å²) in [6, 6.07) is 6.09. The summed E-state index contributed by atoms with van der Waals surface area (Å²) in [4.78, 5) is 0. The van der Waals surface area contributed by atoms with E-state index in [0.29, 0.717) is 16.9 Å². The molecular weight excluding hydrogens is 301 g/mol. The first kappa shape index (κ1) is 17.1. The molecule has 118 valence electrons. The Kier molecular flexibility index (Phi) is 6.40. The predicted molar refractivity (Wildman–Crippen MR) is 93.4 cm³/mol. The fourth-order valence-corrected chi connectivity index (χ4v) is 4.08. The van der Waals surface area contributed by atoms with Gasteiger partial charge in [0.15, 0.2) is 0 Å². The molecule has 1 fully saturated rings. The first-order chi connectivity index (χ1) is 10.0. The van der Waals surface area contributed by atoms with Gasteiger partial charge < -0.3 is 5.32 Å². The molecule has 1 aliphatic carbocycles. The Hall–Kier alpha value is -0.240. The highest BCUT2D eigenvalue weighted by atomic mass is 35.5. The third-order valence-electron chi connectivity index (χ3n) is 5.01. The van der Waals surface area contributed by atoms with Crippen molar-refractivity contribution in [3.05, 3.63) is 33.8 Å². The van der Waals surface area contributed by atoms with Crippen molar-refractivity contribution >= 4 is 23.2 Å². The molecule has 2 rings (SSSR count). The van der Waals surface area contributed by atoms with Crippen LogP contribution in [-0.2, 0) is 0 Å². The van der Waals surface area contributed by atoms with E-state index in [4.69, 9.17) is 23.2 Å². The molecule has 3 heteroatoms. The predicted octanol–water partition coefficient (Wildman–Crippen LogP) is 5.76. The minimum absolute atomic E-state index is 0.524. The molecule has 0 saturated heterocycles. The van der Waals surface area contributed by atoms with Crippen LogP contribution in [-0.4, -0.2) is 13.1 Å². The lowest BCUT2D eigenvalue weighted by Gasteiger charge is -2.39. The van der Waals surface area contributed by atoms with Crippen LogP contribution in [0.3, 0.4) is 0 Å². The minimum Gasteiger partial charge on any atom is -0.317 e. The highest BCUT2D eigenvalue weighted by molar-refractivity contribution is 6.42. The molecule has 1 nitrogen and oxygen atoms in total. The molecule has 1 aromatic carbocycles. The number of hydrogen-bond acceptors (Lipinski definition) is 1. The van der Waals surface area contributed by atoms with E-state index in [9.17, 15) is 0 Å². The van der Waals surface area contributed by atoms with E-state index < -0.39 is 0 Å². The maximum absolute atomic E-state index is 6.50. The van der Waals surface area contributed by atoms with Crippen LogP contribution in [0.2, 0.25) is 10.0 Å². The average Bonchev–Trinajstić information content (AvgIpc) is 2.48. The second-order valence-electron chi connectivity index (χ2n) is 6.63. The minimum atomic E-state index is 0.524. The topological polar surface area (TPSA) is 12.0 Å². The highest BCUT2D eigenvalue weighted by Crippen LogP contribution is 2.45. The zero-order valence-corrected chi connectivity index (χ0v) is 14.8. The molecule has 0 aliphatic heterocycles. The van der Waals surface area contributed by atoms with E-state index in [0.717, 1.165) is 29.9 Å². The SMILES string of the molecule is CCNCC1CCC(C(C)C)CC1c1cccc(Cl)c1Cl. The van der Waals surface area contributed by atoms with Gasteiger partial charge in [0.25, 0.3) is 0 Å². The van der Waals surface area contributed by atoms with E-state index >= 15 is 0 Å². The smallest absolute Gasteiger partial charge is 0.0627 e. The summed E-state index contributed by atoms with van der Waals surface area (Å²) in [7, 11) is 0. The lowest BCUT2D eigenvalue weighted by molar-refractivity contribution is 0.191. The van der Waals surface area contributed by atoms with Crippen molar-refractivity contribution in [2.24, 2.45) is 17.8 Å². The Balaban J connectivity index is 2.25. The van der Waals surface area contributed by atoms with E-state index in [1.807, 2.05) is 12.1 Å². The molecule has 1 aliphatic rings. The number of halogens is 2. The molecule has 0 spiro atoms. The van der Waals surface area contributed by atoms with Crippen molar-refractivity contribution in [1.29, 1.82) is 0 Å². The third kappa shape index (κ3) is 4.15. The van der Waals surface area contributed by atoms with Crippen molar-refractivity contribution in [2.75, 3.05) is 13.1 Å². The number of benzene rings is 1. The van der Waals surface area contributed by atoms with Crippen molar-refractivity contribution in [3.8, 4) is 0 Å². The summed E-state index contributed by atoms with van der Waals surface area (Å²) in [5, 5.41) is 4.96. The lowest BCUT2D eigenvalue weighted by Crippen LogP contribution is -2.33. The summed E-state index contributed by atoms with van der Waals surface area (Å²) < 4.78 is 0. The molecule has 3 atom stereocenters. The fourth-order valence-electron chi connectivity index (χ4n) is 3.63. The van der Waals surface area contributed by atoms with Gasteiger partial charge in [-0.2, -0.15) is 0 Å². The zero-order valence-electron chi connectivity index (χ0n) is 13.3. The summed E-state index contributed by atoms with van der Waals surface area (Å²) in [5.74, 6) is 2.72. The van der Waals surface area contributed by atoms with Gasteiger partial charge in [-0.3, -0.25) is 0 Å². The second kappa shape index (κ2) is 7.85. The van der Waals surface area contributed by atoms with Crippen molar-refractivity contribution in [3.63, 3.8) is 0 Å². The van der Waals surface area contributed by atoms with E-state index in [1.165, 1.54) is 24.8 Å². The normalized spacial score (nSPS) is 26.3. The van der Waals surface area contributed by atoms with Gasteiger partial charge in [0.1, 0.15) is 0 Å². The Morgan fingerprint density at radius 3 is 2.67 bits per heavy atom. The van der Waals surface area contributed by atoms with Gasteiger partial charge >= 0.3 is 0 Å². The van der Waals surface area contributed by atoms with Crippen molar-refractivity contribution in [2.45, 2.75) is 46.0 Å². The lowest BCUT2D eigenvalue weighted by atomic mass is 9.68. The van der Waals surface area contributed by atoms with E-state index in [-0.39, 0.29) is 0 Å². The maximum Gasteiger partial charge on any atom is 0.0627 e. The van der Waals surface area contributed by atoms with Crippen LogP contribution < -0.4 is 5.32 Å². The maximum atomic E-state index is 6.50. The quantitative estimate of drug-likeness (QED) is 0.725. The van der Waals surface area contributed by atoms with Gasteiger partial charge in [-0.15, -0.1) is 0 Å².